The van der Waals surface area contributed by atoms with Crippen molar-refractivity contribution in [3.8, 4) is 22.5 Å². The summed E-state index contributed by atoms with van der Waals surface area (Å²) in [6.45, 7) is 1.40. The van der Waals surface area contributed by atoms with E-state index in [-0.39, 0.29) is 30.9 Å². The summed E-state index contributed by atoms with van der Waals surface area (Å²) in [7, 11) is 2.57. The van der Waals surface area contributed by atoms with Gasteiger partial charge in [-0.05, 0) is 24.3 Å². The second-order valence-corrected chi connectivity index (χ2v) is 13.6. The zero-order valence-electron chi connectivity index (χ0n) is 27.3. The number of methoxy groups -OCH3 is 2. The van der Waals surface area contributed by atoms with Gasteiger partial charge in [-0.15, -0.1) is 22.0 Å². The summed E-state index contributed by atoms with van der Waals surface area (Å²) in [6.07, 6.45) is -1.71. The van der Waals surface area contributed by atoms with Crippen LogP contribution in [0, 0.1) is 17.5 Å². The van der Waals surface area contributed by atoms with E-state index in [1.165, 1.54) is 36.7 Å². The Bertz CT molecular complexity index is 1860. The largest absolute Gasteiger partial charge is 0.469 e. The molecule has 0 aliphatic carbocycles. The van der Waals surface area contributed by atoms with Crippen molar-refractivity contribution in [3.63, 3.8) is 0 Å². The quantitative estimate of drug-likeness (QED) is 0.184. The van der Waals surface area contributed by atoms with Gasteiger partial charge in [-0.25, -0.2) is 22.5 Å². The highest BCUT2D eigenvalue weighted by Gasteiger charge is 2.52. The molecule has 0 unspecified atom stereocenters. The molecule has 2 fully saturated rings. The minimum Gasteiger partial charge on any atom is -0.469 e. The van der Waals surface area contributed by atoms with Crippen molar-refractivity contribution in [2.75, 3.05) is 27.4 Å². The minimum absolute atomic E-state index is 0.0339. The van der Waals surface area contributed by atoms with Crippen LogP contribution in [0.3, 0.4) is 0 Å². The minimum atomic E-state index is -1.64. The molecular weight excluding hydrogens is 721 g/mol. The third-order valence-corrected chi connectivity index (χ3v) is 10.2. The van der Waals surface area contributed by atoms with Gasteiger partial charge in [0, 0.05) is 30.2 Å². The summed E-state index contributed by atoms with van der Waals surface area (Å²) in [6, 6.07) is 6.94. The predicted molar refractivity (Wildman–Crippen MR) is 174 cm³/mol. The summed E-state index contributed by atoms with van der Waals surface area (Å²) in [5.41, 5.74) is 0.182. The van der Waals surface area contributed by atoms with E-state index in [2.05, 4.69) is 20.6 Å². The van der Waals surface area contributed by atoms with Gasteiger partial charge in [-0.3, -0.25) is 9.59 Å². The van der Waals surface area contributed by atoms with Crippen LogP contribution in [0.4, 0.5) is 13.2 Å². The number of benzene rings is 2. The molecule has 2 aliphatic heterocycles. The van der Waals surface area contributed by atoms with Crippen LogP contribution in [-0.4, -0.2) is 110 Å². The number of ether oxygens (including phenoxy) is 5. The standard InChI is InChI=1S/C32H32ClF3N6O8S/c1-15(43)49-30-24(10-26(44)46-2)50-32(31(47-3)28(30)42-12-22(38-40-42)17-8-19(34)27(36)20(35)9-17)51-25-14-48-13-23(29(25)45)41-11-21(37-39-41)16-5-4-6-18(33)7-16/h4-9,11-12,23-25,28-32,45H,10,13-14H2,1-3H3/t23-,24+,25+,28-,29+,30-,31+,32-/m0/s1. The molecule has 272 valence electrons. The van der Waals surface area contributed by atoms with Gasteiger partial charge in [0.05, 0.1) is 50.5 Å². The number of carbonyl (C=O) groups is 2. The molecule has 0 amide bonds. The number of nitrogens with zero attached hydrogens (tertiary/aromatic N) is 6. The van der Waals surface area contributed by atoms with Crippen molar-refractivity contribution in [3.05, 3.63) is 71.3 Å². The molecule has 51 heavy (non-hydrogen) atoms. The van der Waals surface area contributed by atoms with Gasteiger partial charge in [-0.1, -0.05) is 34.2 Å². The number of halogens is 4. The lowest BCUT2D eigenvalue weighted by atomic mass is 9.94. The molecule has 0 spiro atoms. The second kappa shape index (κ2) is 15.7. The van der Waals surface area contributed by atoms with Crippen LogP contribution in [0.25, 0.3) is 22.5 Å². The number of carbonyl (C=O) groups excluding carboxylic acids is 2. The lowest BCUT2D eigenvalue weighted by Crippen LogP contribution is -2.57. The Labute approximate surface area is 298 Å². The van der Waals surface area contributed by atoms with E-state index in [0.717, 1.165) is 29.5 Å². The van der Waals surface area contributed by atoms with Gasteiger partial charge in [0.2, 0.25) is 0 Å². The van der Waals surface area contributed by atoms with Crippen LogP contribution in [0.5, 0.6) is 0 Å². The van der Waals surface area contributed by atoms with Crippen molar-refractivity contribution in [1.29, 1.82) is 0 Å². The first-order valence-electron chi connectivity index (χ1n) is 15.6. The van der Waals surface area contributed by atoms with Crippen molar-refractivity contribution in [2.45, 2.75) is 60.5 Å². The average Bonchev–Trinajstić information content (AvgIpc) is 3.79. The fourth-order valence-corrected chi connectivity index (χ4v) is 7.74. The SMILES string of the molecule is COC(=O)C[C@H]1O[C@@H](S[C@@H]2COC[C@H](n3cc(-c4cccc(Cl)c4)nn3)[C@H]2O)[C@H](OC)[C@@H](n2cc(-c3cc(F)c(F)c(F)c3)nn2)[C@H]1OC(C)=O. The molecule has 0 bridgehead atoms. The second-order valence-electron chi connectivity index (χ2n) is 11.8. The van der Waals surface area contributed by atoms with Gasteiger partial charge in [0.25, 0.3) is 0 Å². The summed E-state index contributed by atoms with van der Waals surface area (Å²) >= 11 is 7.30. The lowest BCUT2D eigenvalue weighted by molar-refractivity contribution is -0.203. The Balaban J connectivity index is 1.31. The molecule has 2 saturated heterocycles. The van der Waals surface area contributed by atoms with Crippen molar-refractivity contribution in [1.82, 2.24) is 30.0 Å². The molecule has 8 atom stereocenters. The maximum Gasteiger partial charge on any atom is 0.308 e. The highest BCUT2D eigenvalue weighted by molar-refractivity contribution is 8.00. The van der Waals surface area contributed by atoms with E-state index < -0.39 is 76.6 Å². The van der Waals surface area contributed by atoms with Crippen molar-refractivity contribution in [2.24, 2.45) is 0 Å². The van der Waals surface area contributed by atoms with Gasteiger partial charge in [0.15, 0.2) is 23.6 Å². The highest BCUT2D eigenvalue weighted by Crippen LogP contribution is 2.43. The number of aliphatic hydroxyl groups is 1. The summed E-state index contributed by atoms with van der Waals surface area (Å²) < 4.78 is 73.4. The average molecular weight is 753 g/mol. The van der Waals surface area contributed by atoms with Crippen LogP contribution >= 0.6 is 23.4 Å². The summed E-state index contributed by atoms with van der Waals surface area (Å²) in [5.74, 6) is -5.88. The maximum absolute atomic E-state index is 14.1. The van der Waals surface area contributed by atoms with Gasteiger partial charge >= 0.3 is 11.9 Å². The number of esters is 2. The Morgan fingerprint density at radius 2 is 1.69 bits per heavy atom. The highest BCUT2D eigenvalue weighted by atomic mass is 35.5. The molecule has 6 rings (SSSR count). The normalized spacial score (nSPS) is 26.5. The Kier molecular flexibility index (Phi) is 11.3. The van der Waals surface area contributed by atoms with Gasteiger partial charge < -0.3 is 28.8 Å². The Morgan fingerprint density at radius 1 is 1.00 bits per heavy atom. The monoisotopic (exact) mass is 752 g/mol. The fraction of sp³-hybridized carbons (Fsp3) is 0.438. The Hall–Kier alpha value is -4.07. The molecular formula is C32H32ClF3N6O8S. The molecule has 2 aliphatic rings. The summed E-state index contributed by atoms with van der Waals surface area (Å²) in [4.78, 5) is 24.9. The zero-order valence-corrected chi connectivity index (χ0v) is 28.8. The number of aliphatic hydroxyl groups excluding tert-OH is 1. The topological polar surface area (TPSA) is 162 Å². The van der Waals surface area contributed by atoms with Crippen LogP contribution in [0.15, 0.2) is 48.8 Å². The van der Waals surface area contributed by atoms with Gasteiger partial charge in [0.1, 0.15) is 41.1 Å². The molecule has 1 N–H and O–H groups in total. The van der Waals surface area contributed by atoms with Crippen LogP contribution in [-0.2, 0) is 33.3 Å². The van der Waals surface area contributed by atoms with Crippen LogP contribution in [0.2, 0.25) is 5.02 Å². The molecule has 0 radical (unpaired) electrons. The smallest absolute Gasteiger partial charge is 0.308 e. The first-order valence-corrected chi connectivity index (χ1v) is 16.9. The van der Waals surface area contributed by atoms with Gasteiger partial charge in [-0.2, -0.15) is 0 Å². The van der Waals surface area contributed by atoms with E-state index in [0.29, 0.717) is 10.7 Å². The van der Waals surface area contributed by atoms with E-state index in [1.807, 2.05) is 6.07 Å². The van der Waals surface area contributed by atoms with E-state index in [1.54, 1.807) is 24.4 Å². The molecule has 0 saturated carbocycles. The first-order chi connectivity index (χ1) is 24.5. The maximum atomic E-state index is 14.1. The number of hydrogen-bond donors (Lipinski definition) is 1. The van der Waals surface area contributed by atoms with E-state index >= 15 is 0 Å². The number of thioether (sulfide) groups is 1. The number of rotatable bonds is 10. The van der Waals surface area contributed by atoms with Crippen LogP contribution < -0.4 is 0 Å². The van der Waals surface area contributed by atoms with E-state index in [9.17, 15) is 27.9 Å². The third-order valence-electron chi connectivity index (χ3n) is 8.51. The van der Waals surface area contributed by atoms with E-state index in [4.69, 9.17) is 35.3 Å². The summed E-state index contributed by atoms with van der Waals surface area (Å²) in [5, 5.41) is 28.2. The predicted octanol–water partition coefficient (Wildman–Crippen LogP) is 3.78. The van der Waals surface area contributed by atoms with Crippen molar-refractivity contribution >= 4 is 35.3 Å². The molecule has 4 heterocycles. The Morgan fingerprint density at radius 3 is 2.35 bits per heavy atom. The molecule has 2 aromatic carbocycles. The van der Waals surface area contributed by atoms with Crippen LogP contribution in [0.1, 0.15) is 25.4 Å². The first kappa shape index (κ1) is 36.7. The molecule has 4 aromatic rings. The lowest BCUT2D eigenvalue weighted by Gasteiger charge is -2.46. The third kappa shape index (κ3) is 7.90. The zero-order chi connectivity index (χ0) is 36.4. The number of hydrogen-bond acceptors (Lipinski definition) is 13. The molecule has 14 nitrogen and oxygen atoms in total. The fourth-order valence-electron chi connectivity index (χ4n) is 6.06. The molecule has 19 heteroatoms. The van der Waals surface area contributed by atoms with Crippen molar-refractivity contribution < 1.29 is 51.6 Å². The number of aromatic nitrogens is 6. The molecule has 2 aromatic heterocycles.